The minimum absolute atomic E-state index is 0.130. The van der Waals surface area contributed by atoms with E-state index in [-0.39, 0.29) is 12.4 Å². The van der Waals surface area contributed by atoms with Crippen LogP contribution in [-0.4, -0.2) is 55.3 Å². The topological polar surface area (TPSA) is 63.6 Å². The molecule has 0 rings (SSSR count). The van der Waals surface area contributed by atoms with Crippen molar-refractivity contribution in [2.45, 2.75) is 71.3 Å². The maximum Gasteiger partial charge on any atom is 0.307 e. The number of hydrogen-bond donors (Lipinski definition) is 1. The molecule has 0 spiro atoms. The van der Waals surface area contributed by atoms with Crippen molar-refractivity contribution in [3.05, 3.63) is 0 Å². The molecule has 136 valence electrons. The zero-order chi connectivity index (χ0) is 17.9. The molecular weight excluding hydrogens is 294 g/mol. The molecule has 5 heteroatoms. The second-order valence-corrected chi connectivity index (χ2v) is 7.68. The van der Waals surface area contributed by atoms with Gasteiger partial charge in [0.15, 0.2) is 6.10 Å². The molecule has 0 aliphatic carbocycles. The highest BCUT2D eigenvalue weighted by atomic mass is 16.5. The Kier molecular flexibility index (Phi) is 10.9. The van der Waals surface area contributed by atoms with Gasteiger partial charge in [0.1, 0.15) is 6.54 Å². The van der Waals surface area contributed by atoms with Gasteiger partial charge in [0, 0.05) is 6.42 Å². The van der Waals surface area contributed by atoms with Crippen molar-refractivity contribution in [1.82, 2.24) is 0 Å². The van der Waals surface area contributed by atoms with Gasteiger partial charge < -0.3 is 14.3 Å². The van der Waals surface area contributed by atoms with E-state index in [2.05, 4.69) is 13.8 Å². The maximum atomic E-state index is 11.9. The second kappa shape index (κ2) is 11.4. The summed E-state index contributed by atoms with van der Waals surface area (Å²) in [6.45, 7) is 4.93. The largest absolute Gasteiger partial charge is 0.481 e. The van der Waals surface area contributed by atoms with Crippen molar-refractivity contribution in [2.75, 3.05) is 27.7 Å². The molecule has 0 radical (unpaired) electrons. The van der Waals surface area contributed by atoms with E-state index in [1.54, 1.807) is 0 Å². The van der Waals surface area contributed by atoms with Crippen molar-refractivity contribution in [3.8, 4) is 0 Å². The third-order valence-corrected chi connectivity index (χ3v) is 3.83. The van der Waals surface area contributed by atoms with Gasteiger partial charge in [-0.05, 0) is 12.3 Å². The number of carbonyl (C=O) groups excluding carboxylic acids is 1. The number of esters is 1. The number of aliphatic carboxylic acids is 1. The zero-order valence-corrected chi connectivity index (χ0v) is 15.6. The van der Waals surface area contributed by atoms with Crippen LogP contribution in [0, 0.1) is 5.92 Å². The average molecular weight is 330 g/mol. The fourth-order valence-corrected chi connectivity index (χ4v) is 2.68. The molecule has 0 saturated heterocycles. The molecule has 0 aromatic heterocycles. The highest BCUT2D eigenvalue weighted by Crippen LogP contribution is 2.16. The van der Waals surface area contributed by atoms with Gasteiger partial charge >= 0.3 is 11.9 Å². The summed E-state index contributed by atoms with van der Waals surface area (Å²) in [6, 6.07) is 0. The van der Waals surface area contributed by atoms with Crippen LogP contribution in [0.25, 0.3) is 0 Å². The molecule has 0 bridgehead atoms. The van der Waals surface area contributed by atoms with E-state index in [9.17, 15) is 9.59 Å². The Morgan fingerprint density at radius 3 is 2.22 bits per heavy atom. The van der Waals surface area contributed by atoms with Gasteiger partial charge in [-0.15, -0.1) is 0 Å². The molecule has 5 nitrogen and oxygen atoms in total. The highest BCUT2D eigenvalue weighted by Gasteiger charge is 2.24. The predicted octanol–water partition coefficient (Wildman–Crippen LogP) is 3.47. The zero-order valence-electron chi connectivity index (χ0n) is 15.6. The first-order chi connectivity index (χ1) is 10.6. The van der Waals surface area contributed by atoms with Gasteiger partial charge in [0.2, 0.25) is 0 Å². The van der Waals surface area contributed by atoms with Gasteiger partial charge in [-0.25, -0.2) is 0 Å². The van der Waals surface area contributed by atoms with Crippen LogP contribution in [0.3, 0.4) is 0 Å². The Morgan fingerprint density at radius 1 is 1.09 bits per heavy atom. The molecule has 0 saturated carbocycles. The Hall–Kier alpha value is -1.10. The van der Waals surface area contributed by atoms with Crippen LogP contribution >= 0.6 is 0 Å². The van der Waals surface area contributed by atoms with Crippen molar-refractivity contribution in [2.24, 2.45) is 5.92 Å². The first-order valence-corrected chi connectivity index (χ1v) is 8.85. The molecular formula is C18H36NO4+. The van der Waals surface area contributed by atoms with Crippen LogP contribution in [0.5, 0.6) is 0 Å². The predicted molar refractivity (Wildman–Crippen MR) is 92.2 cm³/mol. The number of carbonyl (C=O) groups is 2. The minimum Gasteiger partial charge on any atom is -0.481 e. The standard InChI is InChI=1S/C18H35NO4/c1-6-7-8-10-15(2)11-9-12-18(22)23-16(13-17(20)21)14-19(3,4)5/h15-16H,6-14H2,1-5H3/p+1. The lowest BCUT2D eigenvalue weighted by Crippen LogP contribution is -2.43. The molecule has 0 fully saturated rings. The van der Waals surface area contributed by atoms with Crippen LogP contribution in [0.2, 0.25) is 0 Å². The van der Waals surface area contributed by atoms with Crippen LogP contribution in [0.4, 0.5) is 0 Å². The molecule has 1 N–H and O–H groups in total. The summed E-state index contributed by atoms with van der Waals surface area (Å²) >= 11 is 0. The summed E-state index contributed by atoms with van der Waals surface area (Å²) in [6.07, 6.45) is 6.51. The molecule has 0 aromatic rings. The number of unbranched alkanes of at least 4 members (excludes halogenated alkanes) is 2. The van der Waals surface area contributed by atoms with E-state index in [0.29, 0.717) is 23.4 Å². The molecule has 2 unspecified atom stereocenters. The molecule has 23 heavy (non-hydrogen) atoms. The van der Waals surface area contributed by atoms with Crippen molar-refractivity contribution >= 4 is 11.9 Å². The lowest BCUT2D eigenvalue weighted by Gasteiger charge is -2.28. The van der Waals surface area contributed by atoms with E-state index in [1.165, 1.54) is 25.7 Å². The summed E-state index contributed by atoms with van der Waals surface area (Å²) in [4.78, 5) is 22.8. The quantitative estimate of drug-likeness (QED) is 0.319. The molecule has 0 aliphatic heterocycles. The SMILES string of the molecule is CCCCCC(C)CCCC(=O)OC(CC(=O)O)C[N+](C)(C)C. The summed E-state index contributed by atoms with van der Waals surface area (Å²) < 4.78 is 5.95. The number of carboxylic acids is 1. The first-order valence-electron chi connectivity index (χ1n) is 8.85. The van der Waals surface area contributed by atoms with E-state index < -0.39 is 12.1 Å². The van der Waals surface area contributed by atoms with Gasteiger partial charge in [0.05, 0.1) is 27.6 Å². The number of ether oxygens (including phenoxy) is 1. The Morgan fingerprint density at radius 2 is 1.70 bits per heavy atom. The number of rotatable bonds is 13. The van der Waals surface area contributed by atoms with Gasteiger partial charge in [-0.2, -0.15) is 0 Å². The van der Waals surface area contributed by atoms with Crippen LogP contribution in [0.15, 0.2) is 0 Å². The first kappa shape index (κ1) is 21.9. The monoisotopic (exact) mass is 330 g/mol. The summed E-state index contributed by atoms with van der Waals surface area (Å²) in [5.41, 5.74) is 0. The third-order valence-electron chi connectivity index (χ3n) is 3.83. The summed E-state index contributed by atoms with van der Waals surface area (Å²) in [5, 5.41) is 8.95. The van der Waals surface area contributed by atoms with E-state index >= 15 is 0 Å². The van der Waals surface area contributed by atoms with Crippen LogP contribution in [0.1, 0.15) is 65.2 Å². The summed E-state index contributed by atoms with van der Waals surface area (Å²) in [7, 11) is 5.88. The Bertz CT molecular complexity index is 349. The lowest BCUT2D eigenvalue weighted by molar-refractivity contribution is -0.873. The fraction of sp³-hybridized carbons (Fsp3) is 0.889. The normalized spacial score (nSPS) is 14.3. The number of carboxylic acid groups (broad SMARTS) is 1. The van der Waals surface area contributed by atoms with Gasteiger partial charge in [-0.3, -0.25) is 9.59 Å². The highest BCUT2D eigenvalue weighted by molar-refractivity contribution is 5.71. The minimum atomic E-state index is -0.930. The fourth-order valence-electron chi connectivity index (χ4n) is 2.68. The smallest absolute Gasteiger partial charge is 0.307 e. The van der Waals surface area contributed by atoms with E-state index in [4.69, 9.17) is 9.84 Å². The molecule has 0 heterocycles. The number of likely N-dealkylation sites (N-methyl/N-ethyl adjacent to an activating group) is 1. The van der Waals surface area contributed by atoms with E-state index in [0.717, 1.165) is 12.8 Å². The Labute approximate surface area is 141 Å². The Balaban J connectivity index is 4.09. The number of nitrogens with zero attached hydrogens (tertiary/aromatic N) is 1. The average Bonchev–Trinajstić information content (AvgIpc) is 2.35. The molecule has 0 amide bonds. The molecule has 2 atom stereocenters. The molecule has 0 aromatic carbocycles. The molecule has 0 aliphatic rings. The maximum absolute atomic E-state index is 11.9. The van der Waals surface area contributed by atoms with Crippen molar-refractivity contribution < 1.29 is 23.9 Å². The third kappa shape index (κ3) is 14.2. The van der Waals surface area contributed by atoms with Gasteiger partial charge in [0.25, 0.3) is 0 Å². The van der Waals surface area contributed by atoms with Gasteiger partial charge in [-0.1, -0.05) is 46.0 Å². The number of hydrogen-bond acceptors (Lipinski definition) is 3. The van der Waals surface area contributed by atoms with Crippen LogP contribution < -0.4 is 0 Å². The number of quaternary nitrogens is 1. The van der Waals surface area contributed by atoms with E-state index in [1.807, 2.05) is 21.1 Å². The second-order valence-electron chi connectivity index (χ2n) is 7.68. The van der Waals surface area contributed by atoms with Crippen LogP contribution in [-0.2, 0) is 14.3 Å². The van der Waals surface area contributed by atoms with Crippen molar-refractivity contribution in [1.29, 1.82) is 0 Å². The van der Waals surface area contributed by atoms with Crippen molar-refractivity contribution in [3.63, 3.8) is 0 Å². The lowest BCUT2D eigenvalue weighted by atomic mass is 9.97. The summed E-state index contributed by atoms with van der Waals surface area (Å²) in [5.74, 6) is -0.568.